The summed E-state index contributed by atoms with van der Waals surface area (Å²) in [5, 5.41) is 10.1. The average molecular weight is 230 g/mol. The molecule has 0 radical (unpaired) electrons. The molecule has 1 heteroatoms. The van der Waals surface area contributed by atoms with E-state index in [2.05, 4.69) is 30.3 Å². The van der Waals surface area contributed by atoms with Crippen LogP contribution in [0.15, 0.2) is 30.3 Å². The third-order valence-corrected chi connectivity index (χ3v) is 4.55. The van der Waals surface area contributed by atoms with Crippen molar-refractivity contribution in [2.75, 3.05) is 0 Å². The second-order valence-corrected chi connectivity index (χ2v) is 5.93. The maximum atomic E-state index is 10.1. The quantitative estimate of drug-likeness (QED) is 0.839. The molecule has 1 aromatic rings. The minimum Gasteiger partial charge on any atom is -0.393 e. The summed E-state index contributed by atoms with van der Waals surface area (Å²) in [4.78, 5) is 0. The van der Waals surface area contributed by atoms with Crippen LogP contribution in [0, 0.1) is 11.8 Å². The predicted molar refractivity (Wildman–Crippen MR) is 69.9 cm³/mol. The van der Waals surface area contributed by atoms with E-state index in [1.807, 2.05) is 0 Å². The second kappa shape index (κ2) is 4.81. The van der Waals surface area contributed by atoms with Crippen molar-refractivity contribution in [1.29, 1.82) is 0 Å². The Morgan fingerprint density at radius 3 is 2.47 bits per heavy atom. The van der Waals surface area contributed by atoms with Crippen molar-refractivity contribution < 1.29 is 5.11 Å². The lowest BCUT2D eigenvalue weighted by atomic mass is 9.74. The fourth-order valence-electron chi connectivity index (χ4n) is 3.31. The average Bonchev–Trinajstić information content (AvgIpc) is 3.17. The zero-order chi connectivity index (χ0) is 11.7. The van der Waals surface area contributed by atoms with Crippen molar-refractivity contribution in [3.63, 3.8) is 0 Å². The van der Waals surface area contributed by atoms with Crippen LogP contribution in [0.4, 0.5) is 0 Å². The molecule has 1 nitrogen and oxygen atoms in total. The Balaban J connectivity index is 1.66. The summed E-state index contributed by atoms with van der Waals surface area (Å²) < 4.78 is 0. The van der Waals surface area contributed by atoms with Gasteiger partial charge in [-0.05, 0) is 49.0 Å². The smallest absolute Gasteiger partial charge is 0.0568 e. The molecule has 0 spiro atoms. The molecular weight excluding hydrogens is 208 g/mol. The number of hydrogen-bond donors (Lipinski definition) is 1. The van der Waals surface area contributed by atoms with Crippen molar-refractivity contribution in [1.82, 2.24) is 0 Å². The molecule has 1 aromatic carbocycles. The van der Waals surface area contributed by atoms with Crippen LogP contribution in [0.2, 0.25) is 0 Å². The van der Waals surface area contributed by atoms with Crippen molar-refractivity contribution in [3.8, 4) is 0 Å². The molecule has 17 heavy (non-hydrogen) atoms. The van der Waals surface area contributed by atoms with Gasteiger partial charge in [0.2, 0.25) is 0 Å². The lowest BCUT2D eigenvalue weighted by Gasteiger charge is -2.33. The minimum absolute atomic E-state index is 0.0319. The fraction of sp³-hybridized carbons (Fsp3) is 0.625. The van der Waals surface area contributed by atoms with Crippen LogP contribution in [0.5, 0.6) is 0 Å². The van der Waals surface area contributed by atoms with E-state index in [0.717, 1.165) is 18.8 Å². The lowest BCUT2D eigenvalue weighted by molar-refractivity contribution is 0.0544. The second-order valence-electron chi connectivity index (χ2n) is 5.93. The summed E-state index contributed by atoms with van der Waals surface area (Å²) in [6.07, 6.45) is 7.39. The molecule has 2 aliphatic carbocycles. The molecule has 2 saturated carbocycles. The van der Waals surface area contributed by atoms with Gasteiger partial charge < -0.3 is 5.11 Å². The van der Waals surface area contributed by atoms with E-state index in [0.29, 0.717) is 11.8 Å². The molecule has 0 aromatic heterocycles. The highest BCUT2D eigenvalue weighted by Crippen LogP contribution is 2.43. The Hall–Kier alpha value is -0.820. The lowest BCUT2D eigenvalue weighted by Crippen LogP contribution is -2.28. The Labute approximate surface area is 104 Å². The number of aliphatic hydroxyl groups excluding tert-OH is 1. The monoisotopic (exact) mass is 230 g/mol. The molecule has 3 atom stereocenters. The van der Waals surface area contributed by atoms with Crippen molar-refractivity contribution >= 4 is 0 Å². The molecule has 2 fully saturated rings. The van der Waals surface area contributed by atoms with Crippen LogP contribution in [0.1, 0.15) is 50.0 Å². The molecular formula is C16H22O. The highest BCUT2D eigenvalue weighted by molar-refractivity contribution is 5.20. The van der Waals surface area contributed by atoms with E-state index in [4.69, 9.17) is 0 Å². The number of hydrogen-bond acceptors (Lipinski definition) is 1. The van der Waals surface area contributed by atoms with E-state index in [-0.39, 0.29) is 6.10 Å². The summed E-state index contributed by atoms with van der Waals surface area (Å²) in [6, 6.07) is 10.8. The van der Waals surface area contributed by atoms with E-state index < -0.39 is 0 Å². The van der Waals surface area contributed by atoms with Gasteiger partial charge in [-0.3, -0.25) is 0 Å². The first-order chi connectivity index (χ1) is 8.33. The molecule has 3 unspecified atom stereocenters. The maximum Gasteiger partial charge on any atom is 0.0568 e. The third-order valence-electron chi connectivity index (χ3n) is 4.55. The minimum atomic E-state index is -0.0319. The van der Waals surface area contributed by atoms with Crippen molar-refractivity contribution in [3.05, 3.63) is 35.9 Å². The van der Waals surface area contributed by atoms with Gasteiger partial charge in [0.25, 0.3) is 0 Å². The predicted octanol–water partition coefficient (Wildman–Crippen LogP) is 3.73. The van der Waals surface area contributed by atoms with Gasteiger partial charge in [-0.15, -0.1) is 0 Å². The van der Waals surface area contributed by atoms with Gasteiger partial charge in [0.05, 0.1) is 6.10 Å². The third kappa shape index (κ3) is 2.71. The summed E-state index contributed by atoms with van der Waals surface area (Å²) in [5.41, 5.74) is 1.47. The Kier molecular flexibility index (Phi) is 3.19. The Morgan fingerprint density at radius 2 is 1.76 bits per heavy atom. The van der Waals surface area contributed by atoms with Crippen LogP contribution in [0.25, 0.3) is 0 Å². The van der Waals surface area contributed by atoms with Crippen LogP contribution < -0.4 is 0 Å². The SMILES string of the molecule is OC1CCC(c2ccccc2)CC1CC1CC1. The first-order valence-electron chi connectivity index (χ1n) is 7.06. The molecule has 92 valence electrons. The topological polar surface area (TPSA) is 20.2 Å². The van der Waals surface area contributed by atoms with Gasteiger partial charge in [-0.1, -0.05) is 43.2 Å². The summed E-state index contributed by atoms with van der Waals surface area (Å²) in [7, 11) is 0. The summed E-state index contributed by atoms with van der Waals surface area (Å²) in [5.74, 6) is 2.17. The van der Waals surface area contributed by atoms with Gasteiger partial charge in [-0.25, -0.2) is 0 Å². The molecule has 0 aliphatic heterocycles. The van der Waals surface area contributed by atoms with Gasteiger partial charge in [-0.2, -0.15) is 0 Å². The zero-order valence-corrected chi connectivity index (χ0v) is 10.4. The number of aliphatic hydroxyl groups is 1. The first-order valence-corrected chi connectivity index (χ1v) is 7.06. The van der Waals surface area contributed by atoms with Gasteiger partial charge in [0.1, 0.15) is 0 Å². The molecule has 2 aliphatic rings. The number of benzene rings is 1. The van der Waals surface area contributed by atoms with Crippen LogP contribution in [0.3, 0.4) is 0 Å². The molecule has 0 bridgehead atoms. The Morgan fingerprint density at radius 1 is 1.00 bits per heavy atom. The molecule has 3 rings (SSSR count). The largest absolute Gasteiger partial charge is 0.393 e. The van der Waals surface area contributed by atoms with E-state index in [9.17, 15) is 5.11 Å². The maximum absolute atomic E-state index is 10.1. The van der Waals surface area contributed by atoms with Crippen molar-refractivity contribution in [2.45, 2.75) is 50.5 Å². The summed E-state index contributed by atoms with van der Waals surface area (Å²) in [6.45, 7) is 0. The van der Waals surface area contributed by atoms with E-state index in [1.54, 1.807) is 0 Å². The zero-order valence-electron chi connectivity index (χ0n) is 10.4. The normalized spacial score (nSPS) is 33.6. The van der Waals surface area contributed by atoms with Gasteiger partial charge >= 0.3 is 0 Å². The molecule has 0 amide bonds. The molecule has 1 N–H and O–H groups in total. The molecule has 0 heterocycles. The fourth-order valence-corrected chi connectivity index (χ4v) is 3.31. The molecule has 0 saturated heterocycles. The van der Waals surface area contributed by atoms with Crippen LogP contribution in [-0.4, -0.2) is 11.2 Å². The summed E-state index contributed by atoms with van der Waals surface area (Å²) >= 11 is 0. The Bertz CT molecular complexity index is 355. The van der Waals surface area contributed by atoms with Crippen LogP contribution in [-0.2, 0) is 0 Å². The number of rotatable bonds is 3. The van der Waals surface area contributed by atoms with Crippen molar-refractivity contribution in [2.24, 2.45) is 11.8 Å². The van der Waals surface area contributed by atoms with Crippen LogP contribution >= 0.6 is 0 Å². The highest BCUT2D eigenvalue weighted by atomic mass is 16.3. The van der Waals surface area contributed by atoms with Gasteiger partial charge in [0.15, 0.2) is 0 Å². The first kappa shape index (κ1) is 11.3. The van der Waals surface area contributed by atoms with E-state index >= 15 is 0 Å². The van der Waals surface area contributed by atoms with Gasteiger partial charge in [0, 0.05) is 0 Å². The standard InChI is InChI=1S/C16H22O/c17-16-9-8-14(13-4-2-1-3-5-13)11-15(16)10-12-6-7-12/h1-5,12,14-17H,6-11H2. The van der Waals surface area contributed by atoms with E-state index in [1.165, 1.54) is 31.2 Å². The highest BCUT2D eigenvalue weighted by Gasteiger charge is 2.34.